The maximum absolute atomic E-state index is 12.3. The lowest BCUT2D eigenvalue weighted by molar-refractivity contribution is -0.137. The molecular formula is C13H11Cl2NO4S2. The average molecular weight is 380 g/mol. The van der Waals surface area contributed by atoms with Crippen molar-refractivity contribution in [3.8, 4) is 0 Å². The maximum atomic E-state index is 12.3. The average Bonchev–Trinajstić information content (AvgIpc) is 2.85. The van der Waals surface area contributed by atoms with Gasteiger partial charge in [-0.3, -0.25) is 4.79 Å². The zero-order chi connectivity index (χ0) is 16.3. The van der Waals surface area contributed by atoms with E-state index in [1.807, 2.05) is 0 Å². The lowest BCUT2D eigenvalue weighted by Gasteiger charge is -2.18. The van der Waals surface area contributed by atoms with Crippen LogP contribution >= 0.6 is 34.5 Å². The van der Waals surface area contributed by atoms with Crippen LogP contribution in [-0.2, 0) is 14.8 Å². The second-order valence-electron chi connectivity index (χ2n) is 4.35. The Labute approximate surface area is 141 Å². The van der Waals surface area contributed by atoms with E-state index < -0.39 is 28.5 Å². The zero-order valence-electron chi connectivity index (χ0n) is 11.0. The van der Waals surface area contributed by atoms with Gasteiger partial charge in [-0.1, -0.05) is 41.4 Å². The van der Waals surface area contributed by atoms with Gasteiger partial charge in [-0.15, -0.1) is 11.3 Å². The minimum atomic E-state index is -3.89. The standard InChI is InChI=1S/C13H11Cl2NO4S2/c14-9-4-2-1-3-8(9)10(7-12(17)18)16-22(19,20)13-6-5-11(15)21-13/h1-6,10,16H,7H2,(H,17,18)/t10-/m1/s1. The molecule has 2 aromatic rings. The molecule has 2 N–H and O–H groups in total. The predicted octanol–water partition coefficient (Wildman–Crippen LogP) is 3.55. The highest BCUT2D eigenvalue weighted by molar-refractivity contribution is 7.91. The first kappa shape index (κ1) is 17.2. The Kier molecular flexibility index (Phi) is 5.46. The van der Waals surface area contributed by atoms with Crippen LogP contribution in [0.2, 0.25) is 9.36 Å². The van der Waals surface area contributed by atoms with E-state index in [2.05, 4.69) is 4.72 Å². The summed E-state index contributed by atoms with van der Waals surface area (Å²) in [5.41, 5.74) is 0.401. The van der Waals surface area contributed by atoms with Gasteiger partial charge in [-0.05, 0) is 23.8 Å². The van der Waals surface area contributed by atoms with Crippen molar-refractivity contribution in [3.63, 3.8) is 0 Å². The third-order valence-electron chi connectivity index (χ3n) is 2.77. The van der Waals surface area contributed by atoms with Crippen molar-refractivity contribution in [2.75, 3.05) is 0 Å². The number of hydrogen-bond donors (Lipinski definition) is 2. The topological polar surface area (TPSA) is 83.5 Å². The molecule has 9 heteroatoms. The fourth-order valence-electron chi connectivity index (χ4n) is 1.83. The molecule has 0 amide bonds. The number of rotatable bonds is 6. The molecule has 0 radical (unpaired) electrons. The molecular weight excluding hydrogens is 369 g/mol. The Hall–Kier alpha value is -1.12. The summed E-state index contributed by atoms with van der Waals surface area (Å²) in [6, 6.07) is 8.34. The highest BCUT2D eigenvalue weighted by Gasteiger charge is 2.26. The Morgan fingerprint density at radius 2 is 1.91 bits per heavy atom. The molecule has 22 heavy (non-hydrogen) atoms. The van der Waals surface area contributed by atoms with Gasteiger partial charge in [-0.25, -0.2) is 13.1 Å². The Morgan fingerprint density at radius 3 is 2.45 bits per heavy atom. The third kappa shape index (κ3) is 4.21. The van der Waals surface area contributed by atoms with E-state index in [0.717, 1.165) is 11.3 Å². The first-order valence-electron chi connectivity index (χ1n) is 6.03. The summed E-state index contributed by atoms with van der Waals surface area (Å²) < 4.78 is 27.4. The van der Waals surface area contributed by atoms with Crippen molar-refractivity contribution in [3.05, 3.63) is 51.3 Å². The minimum absolute atomic E-state index is 0.0138. The number of hydrogen-bond acceptors (Lipinski definition) is 4. The molecule has 1 aromatic heterocycles. The second-order valence-corrected chi connectivity index (χ2v) is 8.41. The van der Waals surface area contributed by atoms with E-state index in [9.17, 15) is 13.2 Å². The Balaban J connectivity index is 2.35. The summed E-state index contributed by atoms with van der Waals surface area (Å²) in [5, 5.41) is 9.30. The monoisotopic (exact) mass is 379 g/mol. The molecule has 0 aliphatic carbocycles. The van der Waals surface area contributed by atoms with Gasteiger partial charge in [0.05, 0.1) is 16.8 Å². The van der Waals surface area contributed by atoms with Gasteiger partial charge in [0.25, 0.3) is 10.0 Å². The smallest absolute Gasteiger partial charge is 0.305 e. The van der Waals surface area contributed by atoms with Gasteiger partial charge in [-0.2, -0.15) is 0 Å². The highest BCUT2D eigenvalue weighted by Crippen LogP contribution is 2.30. The van der Waals surface area contributed by atoms with Crippen molar-refractivity contribution < 1.29 is 18.3 Å². The summed E-state index contributed by atoms with van der Waals surface area (Å²) in [6.07, 6.45) is -0.429. The van der Waals surface area contributed by atoms with Crippen molar-refractivity contribution in [2.24, 2.45) is 0 Å². The number of carboxylic acids is 1. The molecule has 0 unspecified atom stereocenters. The molecule has 0 bridgehead atoms. The summed E-state index contributed by atoms with van der Waals surface area (Å²) in [7, 11) is -3.89. The molecule has 2 rings (SSSR count). The third-order valence-corrected chi connectivity index (χ3v) is 6.31. The first-order valence-corrected chi connectivity index (χ1v) is 9.09. The fourth-order valence-corrected chi connectivity index (χ4v) is 4.82. The van der Waals surface area contributed by atoms with Gasteiger partial charge in [0.2, 0.25) is 0 Å². The summed E-state index contributed by atoms with van der Waals surface area (Å²) in [4.78, 5) is 11.0. The van der Waals surface area contributed by atoms with Gasteiger partial charge in [0.15, 0.2) is 0 Å². The quantitative estimate of drug-likeness (QED) is 0.803. The lowest BCUT2D eigenvalue weighted by atomic mass is 10.1. The number of benzene rings is 1. The van der Waals surface area contributed by atoms with Gasteiger partial charge in [0, 0.05) is 5.02 Å². The molecule has 0 saturated heterocycles. The predicted molar refractivity (Wildman–Crippen MR) is 86.1 cm³/mol. The molecule has 0 fully saturated rings. The largest absolute Gasteiger partial charge is 0.481 e. The van der Waals surface area contributed by atoms with E-state index in [1.54, 1.807) is 24.3 Å². The van der Waals surface area contributed by atoms with Crippen LogP contribution in [0.5, 0.6) is 0 Å². The number of carbonyl (C=O) groups is 1. The summed E-state index contributed by atoms with van der Waals surface area (Å²) in [5.74, 6) is -1.14. The summed E-state index contributed by atoms with van der Waals surface area (Å²) in [6.45, 7) is 0. The number of carboxylic acid groups (broad SMARTS) is 1. The van der Waals surface area contributed by atoms with Gasteiger partial charge < -0.3 is 5.11 Å². The van der Waals surface area contributed by atoms with Crippen LogP contribution in [0.3, 0.4) is 0 Å². The molecule has 0 aliphatic rings. The number of aliphatic carboxylic acids is 1. The van der Waals surface area contributed by atoms with Gasteiger partial charge >= 0.3 is 5.97 Å². The van der Waals surface area contributed by atoms with Crippen molar-refractivity contribution in [2.45, 2.75) is 16.7 Å². The van der Waals surface area contributed by atoms with E-state index in [0.29, 0.717) is 14.9 Å². The molecule has 0 aliphatic heterocycles. The molecule has 118 valence electrons. The second kappa shape index (κ2) is 6.97. The first-order chi connectivity index (χ1) is 10.3. The molecule has 0 spiro atoms. The molecule has 1 heterocycles. The molecule has 5 nitrogen and oxygen atoms in total. The van der Waals surface area contributed by atoms with Crippen molar-refractivity contribution in [1.82, 2.24) is 4.72 Å². The SMILES string of the molecule is O=C(O)C[C@@H](NS(=O)(=O)c1ccc(Cl)s1)c1ccccc1Cl. The van der Waals surface area contributed by atoms with Gasteiger partial charge in [0.1, 0.15) is 4.21 Å². The van der Waals surface area contributed by atoms with E-state index >= 15 is 0 Å². The van der Waals surface area contributed by atoms with Crippen LogP contribution in [0.4, 0.5) is 0 Å². The van der Waals surface area contributed by atoms with Crippen LogP contribution in [0.25, 0.3) is 0 Å². The van der Waals surface area contributed by atoms with Crippen molar-refractivity contribution in [1.29, 1.82) is 0 Å². The summed E-state index contributed by atoms with van der Waals surface area (Å²) >= 11 is 12.7. The minimum Gasteiger partial charge on any atom is -0.481 e. The van der Waals surface area contributed by atoms with E-state index in [-0.39, 0.29) is 4.21 Å². The highest BCUT2D eigenvalue weighted by atomic mass is 35.5. The lowest BCUT2D eigenvalue weighted by Crippen LogP contribution is -2.30. The Morgan fingerprint density at radius 1 is 1.23 bits per heavy atom. The van der Waals surface area contributed by atoms with Crippen LogP contribution in [0, 0.1) is 0 Å². The molecule has 0 saturated carbocycles. The molecule has 1 atom stereocenters. The van der Waals surface area contributed by atoms with Crippen LogP contribution in [0.15, 0.2) is 40.6 Å². The number of sulfonamides is 1. The van der Waals surface area contributed by atoms with E-state index in [1.165, 1.54) is 12.1 Å². The zero-order valence-corrected chi connectivity index (χ0v) is 14.1. The Bertz CT molecular complexity index is 789. The van der Waals surface area contributed by atoms with Crippen LogP contribution in [-0.4, -0.2) is 19.5 Å². The fraction of sp³-hybridized carbons (Fsp3) is 0.154. The normalized spacial score (nSPS) is 13.0. The van der Waals surface area contributed by atoms with Crippen LogP contribution < -0.4 is 4.72 Å². The van der Waals surface area contributed by atoms with Crippen LogP contribution in [0.1, 0.15) is 18.0 Å². The maximum Gasteiger partial charge on any atom is 0.305 e. The number of nitrogens with one attached hydrogen (secondary N) is 1. The number of thiophene rings is 1. The number of halogens is 2. The molecule has 1 aromatic carbocycles. The van der Waals surface area contributed by atoms with Crippen molar-refractivity contribution >= 4 is 50.5 Å². The van der Waals surface area contributed by atoms with E-state index in [4.69, 9.17) is 28.3 Å².